The maximum Gasteiger partial charge on any atom is 0.146 e. The Morgan fingerprint density at radius 2 is 1.81 bits per heavy atom. The summed E-state index contributed by atoms with van der Waals surface area (Å²) in [6, 6.07) is 14.0. The number of anilines is 1. The number of phenolic OH excluding ortho intramolecular Hbond substituents is 1. The number of nitrogens with two attached hydrogens (primary N) is 1. The highest BCUT2D eigenvalue weighted by atomic mass is 35.5. The molecule has 0 amide bonds. The summed E-state index contributed by atoms with van der Waals surface area (Å²) >= 11 is 5.97. The van der Waals surface area contributed by atoms with Crippen LogP contribution in [0.15, 0.2) is 55.0 Å². The summed E-state index contributed by atoms with van der Waals surface area (Å²) < 4.78 is 2.19. The molecule has 0 saturated heterocycles. The topological polar surface area (TPSA) is 77.0 Å². The second-order valence-electron chi connectivity index (χ2n) is 6.90. The van der Waals surface area contributed by atoms with Gasteiger partial charge in [-0.05, 0) is 41.7 Å². The monoisotopic (exact) mass is 376 g/mol. The van der Waals surface area contributed by atoms with Gasteiger partial charge in [0.05, 0.1) is 10.4 Å². The number of hydrogen-bond donors (Lipinski definition) is 2. The number of hydrogen-bond acceptors (Lipinski definition) is 4. The zero-order valence-electron chi connectivity index (χ0n) is 14.4. The van der Waals surface area contributed by atoms with E-state index in [0.717, 1.165) is 35.0 Å². The molecule has 0 radical (unpaired) electrons. The van der Waals surface area contributed by atoms with Crippen LogP contribution in [0.1, 0.15) is 17.2 Å². The predicted octanol–water partition coefficient (Wildman–Crippen LogP) is 4.38. The number of phenols is 1. The minimum atomic E-state index is 0.0405. The minimum Gasteiger partial charge on any atom is -0.506 e. The normalized spacial score (nSPS) is 14.0. The molecule has 1 aliphatic carbocycles. The fourth-order valence-corrected chi connectivity index (χ4v) is 4.14. The van der Waals surface area contributed by atoms with Crippen molar-refractivity contribution in [1.29, 1.82) is 0 Å². The van der Waals surface area contributed by atoms with Gasteiger partial charge in [-0.2, -0.15) is 0 Å². The number of halogens is 1. The first-order valence-corrected chi connectivity index (χ1v) is 9.16. The van der Waals surface area contributed by atoms with Crippen molar-refractivity contribution < 1.29 is 5.11 Å². The van der Waals surface area contributed by atoms with Gasteiger partial charge in [0, 0.05) is 17.8 Å². The fourth-order valence-electron chi connectivity index (χ4n) is 4.02. The summed E-state index contributed by atoms with van der Waals surface area (Å²) in [7, 11) is 0. The third-order valence-electron chi connectivity index (χ3n) is 5.32. The Labute approximate surface area is 161 Å². The first kappa shape index (κ1) is 16.1. The summed E-state index contributed by atoms with van der Waals surface area (Å²) in [6.07, 6.45) is 5.47. The summed E-state index contributed by atoms with van der Waals surface area (Å²) in [5, 5.41) is 11.2. The van der Waals surface area contributed by atoms with Crippen LogP contribution in [-0.4, -0.2) is 19.6 Å². The summed E-state index contributed by atoms with van der Waals surface area (Å²) in [4.78, 5) is 8.70. The van der Waals surface area contributed by atoms with Gasteiger partial charge in [-0.3, -0.25) is 0 Å². The molecule has 5 nitrogen and oxygen atoms in total. The molecule has 4 aromatic rings. The van der Waals surface area contributed by atoms with E-state index in [2.05, 4.69) is 45.0 Å². The second kappa shape index (κ2) is 5.99. The van der Waals surface area contributed by atoms with Crippen LogP contribution in [0.2, 0.25) is 5.02 Å². The van der Waals surface area contributed by atoms with Crippen molar-refractivity contribution in [3.05, 3.63) is 71.1 Å². The standard InChI is InChI=1S/C21H17ClN4O/c22-17-6-5-14(9-18(17)27)16-10-26(21-19(16)20(23)24-11-25-21)15-7-12-3-1-2-4-13(12)8-15/h1-6,9-11,15,27H,7-8H2,(H2,23,24,25). The number of nitrogen functional groups attached to an aromatic ring is 1. The van der Waals surface area contributed by atoms with Crippen molar-refractivity contribution in [3.63, 3.8) is 0 Å². The lowest BCUT2D eigenvalue weighted by atomic mass is 10.1. The van der Waals surface area contributed by atoms with Crippen LogP contribution in [0.5, 0.6) is 5.75 Å². The number of benzene rings is 2. The van der Waals surface area contributed by atoms with Crippen molar-refractivity contribution in [2.24, 2.45) is 0 Å². The quantitative estimate of drug-likeness (QED) is 0.544. The molecule has 134 valence electrons. The van der Waals surface area contributed by atoms with Crippen LogP contribution >= 0.6 is 11.6 Å². The molecule has 0 saturated carbocycles. The van der Waals surface area contributed by atoms with Crippen molar-refractivity contribution >= 4 is 28.5 Å². The highest BCUT2D eigenvalue weighted by Gasteiger charge is 2.26. The van der Waals surface area contributed by atoms with Gasteiger partial charge in [0.2, 0.25) is 0 Å². The summed E-state index contributed by atoms with van der Waals surface area (Å²) in [5.74, 6) is 0.470. The molecule has 5 rings (SSSR count). The van der Waals surface area contributed by atoms with Gasteiger partial charge < -0.3 is 15.4 Å². The smallest absolute Gasteiger partial charge is 0.146 e. The largest absolute Gasteiger partial charge is 0.506 e. The van der Waals surface area contributed by atoms with Crippen molar-refractivity contribution in [3.8, 4) is 16.9 Å². The lowest BCUT2D eigenvalue weighted by molar-refractivity contribution is 0.476. The van der Waals surface area contributed by atoms with E-state index in [1.165, 1.54) is 17.5 Å². The van der Waals surface area contributed by atoms with Crippen LogP contribution in [0.4, 0.5) is 5.82 Å². The van der Waals surface area contributed by atoms with Gasteiger partial charge in [0.1, 0.15) is 23.5 Å². The zero-order chi connectivity index (χ0) is 18.5. The maximum atomic E-state index is 10.0. The fraction of sp³-hybridized carbons (Fsp3) is 0.143. The van der Waals surface area contributed by atoms with E-state index in [1.54, 1.807) is 12.1 Å². The number of fused-ring (bicyclic) bond motifs is 2. The summed E-state index contributed by atoms with van der Waals surface area (Å²) in [6.45, 7) is 0. The number of rotatable bonds is 2. The number of aromatic hydroxyl groups is 1. The van der Waals surface area contributed by atoms with Gasteiger partial charge in [0.25, 0.3) is 0 Å². The third kappa shape index (κ3) is 2.54. The van der Waals surface area contributed by atoms with Crippen LogP contribution in [-0.2, 0) is 12.8 Å². The van der Waals surface area contributed by atoms with Crippen LogP contribution < -0.4 is 5.73 Å². The Morgan fingerprint density at radius 3 is 2.52 bits per heavy atom. The molecule has 0 fully saturated rings. The first-order chi connectivity index (χ1) is 13.1. The molecule has 0 bridgehead atoms. The first-order valence-electron chi connectivity index (χ1n) is 8.78. The lowest BCUT2D eigenvalue weighted by Crippen LogP contribution is -2.08. The lowest BCUT2D eigenvalue weighted by Gasteiger charge is -2.12. The SMILES string of the molecule is Nc1ncnc2c1c(-c1ccc(Cl)c(O)c1)cn2C1Cc2ccccc2C1. The van der Waals surface area contributed by atoms with Gasteiger partial charge >= 0.3 is 0 Å². The van der Waals surface area contributed by atoms with E-state index in [9.17, 15) is 5.11 Å². The molecule has 6 heteroatoms. The Kier molecular flexibility index (Phi) is 3.58. The zero-order valence-corrected chi connectivity index (χ0v) is 15.2. The average Bonchev–Trinajstić information content (AvgIpc) is 3.26. The van der Waals surface area contributed by atoms with Gasteiger partial charge in [-0.1, -0.05) is 41.9 Å². The van der Waals surface area contributed by atoms with E-state index in [4.69, 9.17) is 17.3 Å². The molecule has 0 aliphatic heterocycles. The molecule has 1 aliphatic rings. The molecule has 3 N–H and O–H groups in total. The van der Waals surface area contributed by atoms with Crippen LogP contribution in [0.3, 0.4) is 0 Å². The van der Waals surface area contributed by atoms with Crippen LogP contribution in [0, 0.1) is 0 Å². The highest BCUT2D eigenvalue weighted by molar-refractivity contribution is 6.32. The Bertz CT molecular complexity index is 1160. The van der Waals surface area contributed by atoms with Crippen molar-refractivity contribution in [1.82, 2.24) is 14.5 Å². The molecular formula is C21H17ClN4O. The Balaban J connectivity index is 1.69. The van der Waals surface area contributed by atoms with E-state index in [0.29, 0.717) is 10.8 Å². The molecule has 2 aromatic heterocycles. The van der Waals surface area contributed by atoms with E-state index >= 15 is 0 Å². The number of aromatic nitrogens is 3. The summed E-state index contributed by atoms with van der Waals surface area (Å²) in [5.41, 5.74) is 11.5. The van der Waals surface area contributed by atoms with Crippen LogP contribution in [0.25, 0.3) is 22.2 Å². The van der Waals surface area contributed by atoms with E-state index in [1.807, 2.05) is 6.07 Å². The maximum absolute atomic E-state index is 10.0. The molecule has 0 atom stereocenters. The highest BCUT2D eigenvalue weighted by Crippen LogP contribution is 2.39. The molecule has 0 unspecified atom stereocenters. The molecule has 0 spiro atoms. The van der Waals surface area contributed by atoms with E-state index < -0.39 is 0 Å². The Morgan fingerprint density at radius 1 is 1.07 bits per heavy atom. The molecule has 2 heterocycles. The Hall–Kier alpha value is -3.05. The molecular weight excluding hydrogens is 360 g/mol. The van der Waals surface area contributed by atoms with E-state index in [-0.39, 0.29) is 11.8 Å². The van der Waals surface area contributed by atoms with Crippen molar-refractivity contribution in [2.75, 3.05) is 5.73 Å². The molecule has 27 heavy (non-hydrogen) atoms. The van der Waals surface area contributed by atoms with Gasteiger partial charge in [-0.25, -0.2) is 9.97 Å². The number of nitrogens with zero attached hydrogens (tertiary/aromatic N) is 3. The predicted molar refractivity (Wildman–Crippen MR) is 107 cm³/mol. The minimum absolute atomic E-state index is 0.0405. The van der Waals surface area contributed by atoms with Gasteiger partial charge in [-0.15, -0.1) is 0 Å². The average molecular weight is 377 g/mol. The molecule has 2 aromatic carbocycles. The van der Waals surface area contributed by atoms with Crippen molar-refractivity contribution in [2.45, 2.75) is 18.9 Å². The van der Waals surface area contributed by atoms with Gasteiger partial charge in [0.15, 0.2) is 0 Å². The second-order valence-corrected chi connectivity index (χ2v) is 7.31. The third-order valence-corrected chi connectivity index (χ3v) is 5.64.